The molecule has 0 bridgehead atoms. The van der Waals surface area contributed by atoms with Crippen LogP contribution in [0.3, 0.4) is 0 Å². The lowest BCUT2D eigenvalue weighted by atomic mass is 9.93. The third-order valence-electron chi connectivity index (χ3n) is 26.8. The molecule has 6 aliphatic heterocycles. The van der Waals surface area contributed by atoms with Crippen LogP contribution in [0.2, 0.25) is 0 Å². The molecule has 6 saturated heterocycles. The Balaban J connectivity index is 0.000000154. The number of hydrogen-bond donors (Lipinski definition) is 3. The van der Waals surface area contributed by atoms with Crippen LogP contribution in [0.5, 0.6) is 17.2 Å². The van der Waals surface area contributed by atoms with Crippen LogP contribution in [-0.2, 0) is 85.3 Å². The predicted molar refractivity (Wildman–Crippen MR) is 462 cm³/mol. The molecule has 9 aromatic rings. The van der Waals surface area contributed by atoms with Gasteiger partial charge in [-0.05, 0) is 231 Å². The molecule has 24 nitrogen and oxygen atoms in total. The van der Waals surface area contributed by atoms with Gasteiger partial charge in [-0.2, -0.15) is 79.0 Å². The maximum atomic E-state index is 13.7. The van der Waals surface area contributed by atoms with E-state index < -0.39 is 216 Å². The zero-order chi connectivity index (χ0) is 104. The number of ether oxygens (including phenoxy) is 6. The van der Waals surface area contributed by atoms with Gasteiger partial charge >= 0.3 is 73.2 Å². The van der Waals surface area contributed by atoms with Crippen LogP contribution in [0.15, 0.2) is 140 Å². The van der Waals surface area contributed by atoms with Gasteiger partial charge in [-0.25, -0.2) is 46.9 Å². The molecule has 9 aliphatic rings. The number of alkyl halides is 22. The largest absolute Gasteiger partial charge is 0.496 e. The summed E-state index contributed by atoms with van der Waals surface area (Å²) < 4.78 is 332. The third-order valence-corrected chi connectivity index (χ3v) is 26.8. The number of aryl methyl sites for hydroxylation is 1. The van der Waals surface area contributed by atoms with E-state index in [4.69, 9.17) is 33.4 Å². The van der Waals surface area contributed by atoms with Gasteiger partial charge in [0.25, 0.3) is 11.8 Å². The first-order valence-corrected chi connectivity index (χ1v) is 44.3. The number of nitrogens with zero attached hydrogens (tertiary/aromatic N) is 9. The van der Waals surface area contributed by atoms with Gasteiger partial charge in [0.1, 0.15) is 53.0 Å². The molecule has 12 atom stereocenters. The average molecular weight is 2030 g/mol. The van der Waals surface area contributed by atoms with E-state index in [1.807, 2.05) is 30.0 Å². The lowest BCUT2D eigenvalue weighted by Crippen LogP contribution is -2.56. The average Bonchev–Trinajstić information content (AvgIpc) is 1.49. The van der Waals surface area contributed by atoms with E-state index >= 15 is 0 Å². The quantitative estimate of drug-likeness (QED) is 0.0374. The zero-order valence-electron chi connectivity index (χ0n) is 76.0. The molecule has 143 heavy (non-hydrogen) atoms. The van der Waals surface area contributed by atoms with Crippen molar-refractivity contribution >= 4 is 53.6 Å². The van der Waals surface area contributed by atoms with Gasteiger partial charge in [0.2, 0.25) is 0 Å². The monoisotopic (exact) mass is 2030 g/mol. The number of pyridine rings is 3. The highest BCUT2D eigenvalue weighted by Gasteiger charge is 2.54. The molecule has 18 rings (SSSR count). The standard InChI is InChI=1S/C33H31F6N3O5.2C32H27F8N3O5/c1-16-9-27(41-7-4-8-41)40-25(28(16)24-12-18(5-6-26(24)46-3)22-14-23(22)30(43)44)15-42-17(2)29(47-31(42)45)19-10-20(32(34,35)36)13-21(11-19)33(37,38)39;2*1-15-27(17-7-18(31(35,36)37)10-19(8-17)32(38,39)40)48-29(46)43(15)12-24-20(4-6-26(41-24)42-13-30(33,34)14-42)22-9-16(3-5-25(22)47-2)21-11-23(21)28(44)45/h5-6,9-13,17,22-23,29H,4,7-8,14-15H2,1-3H3,(H,43,44);2*3-10,15,21,23,27H,11-14H2,1-2H3,(H,44,45)/t17-,22-,23+,29-;15-,21+,23-,27-;15-,21-,23+,27-/m000/s1. The van der Waals surface area contributed by atoms with Gasteiger partial charge in [-0.15, -0.1) is 0 Å². The summed E-state index contributed by atoms with van der Waals surface area (Å²) in [5.41, 5.74) is -4.20. The number of rotatable bonds is 24. The number of aliphatic carboxylic acids is 3. The molecule has 3 aromatic heterocycles. The van der Waals surface area contributed by atoms with E-state index in [-0.39, 0.29) is 78.6 Å². The number of hydrogen-bond acceptors (Lipinski definition) is 18. The van der Waals surface area contributed by atoms with Crippen molar-refractivity contribution in [1.82, 2.24) is 29.7 Å². The predicted octanol–water partition coefficient (Wildman–Crippen LogP) is 22.6. The highest BCUT2D eigenvalue weighted by Crippen LogP contribution is 2.56. The van der Waals surface area contributed by atoms with E-state index in [2.05, 4.69) is 9.97 Å². The van der Waals surface area contributed by atoms with Crippen molar-refractivity contribution < 1.29 is 169 Å². The number of benzene rings is 6. The van der Waals surface area contributed by atoms with Gasteiger partial charge in [-0.3, -0.25) is 29.1 Å². The Kier molecular flexibility index (Phi) is 26.8. The smallest absolute Gasteiger partial charge is 0.416 e. The number of amides is 3. The minimum atomic E-state index is -5.12. The van der Waals surface area contributed by atoms with Gasteiger partial charge in [0.15, 0.2) is 0 Å². The summed E-state index contributed by atoms with van der Waals surface area (Å²) in [5, 5.41) is 28.4. The first-order chi connectivity index (χ1) is 66.8. The number of anilines is 3. The van der Waals surface area contributed by atoms with Gasteiger partial charge in [0, 0.05) is 46.5 Å². The van der Waals surface area contributed by atoms with Crippen molar-refractivity contribution in [2.24, 2.45) is 17.8 Å². The van der Waals surface area contributed by atoms with Crippen LogP contribution in [0.1, 0.15) is 172 Å². The van der Waals surface area contributed by atoms with Crippen LogP contribution in [-0.4, -0.2) is 172 Å². The SMILES string of the molecule is COc1ccc([C@@H]2C[C@H]2C(=O)O)cc1-c1c(C)cc(N2CCC2)nc1CN1C(=O)O[C@H](c2cc(C(F)(F)F)cc(C(F)(F)F)c2)[C@@H]1C.COc1ccc([C@@H]2C[C@H]2C(=O)O)cc1-c1ccc(N2CC(F)(F)C2)nc1CN1C(=O)O[C@H](c2cc(C(F)(F)F)cc(C(F)(F)F)c2)[C@@H]1C.COc1ccc([C@H]2C[C@@H]2C(=O)O)cc1-c1ccc(N2CC(F)(F)C2)nc1CN1C(=O)O[C@H](c2cc(C(F)(F)F)cc(C(F)(F)F)c2)[C@@H]1C. The number of halogens is 22. The molecule has 0 radical (unpaired) electrons. The summed E-state index contributed by atoms with van der Waals surface area (Å²) in [6, 6.07) is 23.5. The number of carbonyl (C=O) groups excluding carboxylic acids is 3. The second-order valence-corrected chi connectivity index (χ2v) is 36.5. The Morgan fingerprint density at radius 2 is 0.643 bits per heavy atom. The van der Waals surface area contributed by atoms with E-state index in [1.54, 1.807) is 54.6 Å². The lowest BCUT2D eigenvalue weighted by Gasteiger charge is -2.39. The lowest BCUT2D eigenvalue weighted by molar-refractivity contribution is -0.144. The molecular weight excluding hydrogens is 1950 g/mol. The van der Waals surface area contributed by atoms with E-state index in [9.17, 15) is 141 Å². The Morgan fingerprint density at radius 1 is 0.364 bits per heavy atom. The number of methoxy groups -OCH3 is 3. The Labute approximate surface area is 798 Å². The van der Waals surface area contributed by atoms with Crippen LogP contribution >= 0.6 is 0 Å². The number of carboxylic acid groups (broad SMARTS) is 3. The number of carboxylic acids is 3. The normalized spacial score (nSPS) is 23.2. The fraction of sp³-hybridized carbons (Fsp3) is 0.412. The first-order valence-electron chi connectivity index (χ1n) is 44.3. The second-order valence-electron chi connectivity index (χ2n) is 36.5. The van der Waals surface area contributed by atoms with E-state index in [1.165, 1.54) is 68.9 Å². The number of carbonyl (C=O) groups is 6. The molecule has 3 N–H and O–H groups in total. The second kappa shape index (κ2) is 37.5. The molecule has 3 amide bonds. The molecule has 3 saturated carbocycles. The minimum Gasteiger partial charge on any atom is -0.496 e. The minimum absolute atomic E-state index is 0.0223. The van der Waals surface area contributed by atoms with Crippen molar-refractivity contribution in [2.75, 3.05) is 75.3 Å². The van der Waals surface area contributed by atoms with Crippen LogP contribution in [0.25, 0.3) is 33.4 Å². The van der Waals surface area contributed by atoms with Gasteiger partial charge in [-0.1, -0.05) is 18.2 Å². The molecule has 762 valence electrons. The summed E-state index contributed by atoms with van der Waals surface area (Å²) in [7, 11) is 4.28. The van der Waals surface area contributed by atoms with Gasteiger partial charge < -0.3 is 58.4 Å². The third kappa shape index (κ3) is 21.4. The molecule has 6 aromatic carbocycles. The fourth-order valence-corrected chi connectivity index (χ4v) is 18.7. The highest BCUT2D eigenvalue weighted by atomic mass is 19.4. The Bertz CT molecular complexity index is 6140. The highest BCUT2D eigenvalue weighted by molar-refractivity contribution is 5.83. The molecule has 0 unspecified atom stereocenters. The van der Waals surface area contributed by atoms with Crippen molar-refractivity contribution in [3.8, 4) is 50.6 Å². The molecule has 9 fully saturated rings. The first kappa shape index (κ1) is 102. The summed E-state index contributed by atoms with van der Waals surface area (Å²) in [6.07, 6.45) is -35.8. The van der Waals surface area contributed by atoms with Crippen molar-refractivity contribution in [2.45, 2.75) is 176 Å². The summed E-state index contributed by atoms with van der Waals surface area (Å²) in [4.78, 5) is 96.3. The van der Waals surface area contributed by atoms with Crippen molar-refractivity contribution in [3.05, 3.63) is 229 Å². The van der Waals surface area contributed by atoms with Crippen LogP contribution in [0, 0.1) is 24.7 Å². The maximum absolute atomic E-state index is 13.7. The van der Waals surface area contributed by atoms with Crippen LogP contribution in [0.4, 0.5) is 128 Å². The molecule has 3 aliphatic carbocycles. The van der Waals surface area contributed by atoms with Gasteiger partial charge in [0.05, 0.1) is 153 Å². The van der Waals surface area contributed by atoms with Crippen molar-refractivity contribution in [3.63, 3.8) is 0 Å². The summed E-state index contributed by atoms with van der Waals surface area (Å²) in [5.74, 6) is -8.94. The summed E-state index contributed by atoms with van der Waals surface area (Å²) in [6.45, 7) is 4.31. The topological polar surface area (TPSA) is 277 Å². The number of aromatic nitrogens is 3. The fourth-order valence-electron chi connectivity index (χ4n) is 18.7. The molecular formula is C97H85F22N9O15. The van der Waals surface area contributed by atoms with Crippen molar-refractivity contribution in [1.29, 1.82) is 0 Å². The molecule has 9 heterocycles. The number of cyclic esters (lactones) is 3. The van der Waals surface area contributed by atoms with E-state index in [0.29, 0.717) is 129 Å². The Hall–Kier alpha value is -13.8. The molecule has 0 spiro atoms. The molecule has 46 heteroatoms. The van der Waals surface area contributed by atoms with Crippen LogP contribution < -0.4 is 28.9 Å². The summed E-state index contributed by atoms with van der Waals surface area (Å²) >= 11 is 0. The van der Waals surface area contributed by atoms with E-state index in [0.717, 1.165) is 40.4 Å². The Morgan fingerprint density at radius 3 is 0.902 bits per heavy atom. The zero-order valence-corrected chi connectivity index (χ0v) is 76.0. The maximum Gasteiger partial charge on any atom is 0.416 e.